The first kappa shape index (κ1) is 13.4. The Bertz CT molecular complexity index is 622. The van der Waals surface area contributed by atoms with Crippen molar-refractivity contribution in [1.82, 2.24) is 4.98 Å². The van der Waals surface area contributed by atoms with Gasteiger partial charge in [-0.3, -0.25) is 0 Å². The second kappa shape index (κ2) is 6.21. The molecular weight excluding hydrogens is 306 g/mol. The van der Waals surface area contributed by atoms with Crippen LogP contribution in [0.25, 0.3) is 0 Å². The van der Waals surface area contributed by atoms with Gasteiger partial charge >= 0.3 is 0 Å². The number of hydrogen-bond donors (Lipinski definition) is 1. The zero-order valence-corrected chi connectivity index (χ0v) is 11.9. The fourth-order valence-corrected chi connectivity index (χ4v) is 2.02. The third-order valence-electron chi connectivity index (χ3n) is 2.56. The van der Waals surface area contributed by atoms with Gasteiger partial charge < -0.3 is 10.1 Å². The van der Waals surface area contributed by atoms with E-state index in [0.29, 0.717) is 17.9 Å². The molecule has 0 saturated heterocycles. The van der Waals surface area contributed by atoms with Crippen LogP contribution in [-0.2, 0) is 6.54 Å². The molecule has 0 bridgehead atoms. The average molecular weight is 318 g/mol. The van der Waals surface area contributed by atoms with Crippen LogP contribution in [0, 0.1) is 11.3 Å². The molecule has 1 N–H and O–H groups in total. The number of methoxy groups -OCH3 is 1. The maximum Gasteiger partial charge on any atom is 0.143 e. The van der Waals surface area contributed by atoms with E-state index in [1.165, 1.54) is 0 Å². The maximum atomic E-state index is 8.85. The molecule has 2 aromatic rings. The molecule has 0 aliphatic heterocycles. The van der Waals surface area contributed by atoms with E-state index in [4.69, 9.17) is 10.00 Å². The Morgan fingerprint density at radius 1 is 1.37 bits per heavy atom. The van der Waals surface area contributed by atoms with Crippen LogP contribution in [0.1, 0.15) is 11.3 Å². The maximum absolute atomic E-state index is 8.85. The van der Waals surface area contributed by atoms with Crippen molar-refractivity contribution in [3.05, 3.63) is 52.3 Å². The molecule has 0 fully saturated rings. The number of ether oxygens (including phenoxy) is 1. The summed E-state index contributed by atoms with van der Waals surface area (Å²) in [6.45, 7) is 0.585. The number of aromatic nitrogens is 1. The van der Waals surface area contributed by atoms with Crippen LogP contribution in [0.15, 0.2) is 41.0 Å². The lowest BCUT2D eigenvalue weighted by atomic mass is 10.2. The van der Waals surface area contributed by atoms with Gasteiger partial charge in [0.25, 0.3) is 0 Å². The van der Waals surface area contributed by atoms with Crippen molar-refractivity contribution >= 4 is 21.6 Å². The van der Waals surface area contributed by atoms with Gasteiger partial charge in [-0.2, -0.15) is 5.26 Å². The molecule has 0 radical (unpaired) electrons. The Hall–Kier alpha value is -2.06. The van der Waals surface area contributed by atoms with Crippen molar-refractivity contribution < 1.29 is 4.74 Å². The fraction of sp³-hybridized carbons (Fsp3) is 0.143. The topological polar surface area (TPSA) is 57.9 Å². The smallest absolute Gasteiger partial charge is 0.143 e. The summed E-state index contributed by atoms with van der Waals surface area (Å²) in [5, 5.41) is 12.1. The number of benzene rings is 1. The minimum Gasteiger partial charge on any atom is -0.495 e. The Morgan fingerprint density at radius 3 is 2.89 bits per heavy atom. The molecule has 2 rings (SSSR count). The Kier molecular flexibility index (Phi) is 4.37. The lowest BCUT2D eigenvalue weighted by molar-refractivity contribution is 0.416. The van der Waals surface area contributed by atoms with E-state index in [1.807, 2.05) is 24.3 Å². The van der Waals surface area contributed by atoms with Crippen LogP contribution in [0.2, 0.25) is 0 Å². The van der Waals surface area contributed by atoms with Crippen molar-refractivity contribution in [3.8, 4) is 11.8 Å². The fourth-order valence-electron chi connectivity index (χ4n) is 1.64. The van der Waals surface area contributed by atoms with Gasteiger partial charge in [-0.1, -0.05) is 6.07 Å². The number of halogens is 1. The lowest BCUT2D eigenvalue weighted by Crippen LogP contribution is -2.03. The van der Waals surface area contributed by atoms with Gasteiger partial charge in [-0.15, -0.1) is 0 Å². The molecule has 0 saturated carbocycles. The van der Waals surface area contributed by atoms with Crippen LogP contribution in [0.3, 0.4) is 0 Å². The second-order valence-corrected chi connectivity index (χ2v) is 4.64. The SMILES string of the molecule is COc1cc(C#N)ccc1NCc1cccc(Br)n1. The molecule has 5 heteroatoms. The monoisotopic (exact) mass is 317 g/mol. The summed E-state index contributed by atoms with van der Waals surface area (Å²) in [4.78, 5) is 4.34. The molecule has 4 nitrogen and oxygen atoms in total. The van der Waals surface area contributed by atoms with Crippen LogP contribution in [-0.4, -0.2) is 12.1 Å². The summed E-state index contributed by atoms with van der Waals surface area (Å²) >= 11 is 3.34. The van der Waals surface area contributed by atoms with Crippen molar-refractivity contribution in [3.63, 3.8) is 0 Å². The normalized spacial score (nSPS) is 9.74. The van der Waals surface area contributed by atoms with E-state index >= 15 is 0 Å². The highest BCUT2D eigenvalue weighted by Crippen LogP contribution is 2.25. The van der Waals surface area contributed by atoms with Crippen molar-refractivity contribution in [2.24, 2.45) is 0 Å². The minimum absolute atomic E-state index is 0.572. The molecule has 1 heterocycles. The van der Waals surface area contributed by atoms with Crippen molar-refractivity contribution in [2.75, 3.05) is 12.4 Å². The molecule has 19 heavy (non-hydrogen) atoms. The average Bonchev–Trinajstić information content (AvgIpc) is 2.45. The second-order valence-electron chi connectivity index (χ2n) is 3.83. The number of anilines is 1. The predicted molar refractivity (Wildman–Crippen MR) is 77.0 cm³/mol. The molecule has 0 aliphatic rings. The van der Waals surface area contributed by atoms with Gasteiger partial charge in [0, 0.05) is 6.07 Å². The number of nitrogens with zero attached hydrogens (tertiary/aromatic N) is 2. The highest BCUT2D eigenvalue weighted by Gasteiger charge is 2.04. The zero-order valence-electron chi connectivity index (χ0n) is 10.4. The Balaban J connectivity index is 2.13. The number of pyridine rings is 1. The van der Waals surface area contributed by atoms with Crippen LogP contribution in [0.4, 0.5) is 5.69 Å². The first-order chi connectivity index (χ1) is 9.22. The third kappa shape index (κ3) is 3.46. The van der Waals surface area contributed by atoms with Gasteiger partial charge in [0.15, 0.2) is 0 Å². The standard InChI is InChI=1S/C14H12BrN3O/c1-19-13-7-10(8-16)5-6-12(13)17-9-11-3-2-4-14(15)18-11/h2-7,17H,9H2,1H3. The van der Waals surface area contributed by atoms with E-state index in [-0.39, 0.29) is 0 Å². The van der Waals surface area contributed by atoms with Crippen LogP contribution >= 0.6 is 15.9 Å². The van der Waals surface area contributed by atoms with Crippen LogP contribution < -0.4 is 10.1 Å². The summed E-state index contributed by atoms with van der Waals surface area (Å²) in [7, 11) is 1.58. The molecule has 1 aromatic carbocycles. The summed E-state index contributed by atoms with van der Waals surface area (Å²) in [5.41, 5.74) is 2.33. The van der Waals surface area contributed by atoms with E-state index in [0.717, 1.165) is 16.0 Å². The molecule has 0 atom stereocenters. The lowest BCUT2D eigenvalue weighted by Gasteiger charge is -2.11. The number of hydrogen-bond acceptors (Lipinski definition) is 4. The van der Waals surface area contributed by atoms with E-state index in [9.17, 15) is 0 Å². The van der Waals surface area contributed by atoms with Crippen molar-refractivity contribution in [1.29, 1.82) is 5.26 Å². The first-order valence-corrected chi connectivity index (χ1v) is 6.45. The molecule has 0 spiro atoms. The molecule has 96 valence electrons. The number of nitriles is 1. The van der Waals surface area contributed by atoms with Gasteiger partial charge in [0.05, 0.1) is 36.7 Å². The van der Waals surface area contributed by atoms with Crippen LogP contribution in [0.5, 0.6) is 5.75 Å². The van der Waals surface area contributed by atoms with E-state index < -0.39 is 0 Å². The zero-order chi connectivity index (χ0) is 13.7. The van der Waals surface area contributed by atoms with Gasteiger partial charge in [0.2, 0.25) is 0 Å². The summed E-state index contributed by atoms with van der Waals surface area (Å²) in [5.74, 6) is 0.647. The van der Waals surface area contributed by atoms with Gasteiger partial charge in [0.1, 0.15) is 10.4 Å². The highest BCUT2D eigenvalue weighted by molar-refractivity contribution is 9.10. The van der Waals surface area contributed by atoms with Gasteiger partial charge in [-0.05, 0) is 40.2 Å². The Morgan fingerprint density at radius 2 is 2.21 bits per heavy atom. The molecule has 0 unspecified atom stereocenters. The number of nitrogens with one attached hydrogen (secondary N) is 1. The first-order valence-electron chi connectivity index (χ1n) is 5.66. The van der Waals surface area contributed by atoms with Crippen molar-refractivity contribution in [2.45, 2.75) is 6.54 Å². The van der Waals surface area contributed by atoms with E-state index in [1.54, 1.807) is 19.2 Å². The molecule has 0 aliphatic carbocycles. The third-order valence-corrected chi connectivity index (χ3v) is 3.01. The van der Waals surface area contributed by atoms with Gasteiger partial charge in [-0.25, -0.2) is 4.98 Å². The predicted octanol–water partition coefficient (Wildman–Crippen LogP) is 3.34. The summed E-state index contributed by atoms with van der Waals surface area (Å²) in [6, 6.07) is 13.1. The molecule has 0 amide bonds. The highest BCUT2D eigenvalue weighted by atomic mass is 79.9. The minimum atomic E-state index is 0.572. The summed E-state index contributed by atoms with van der Waals surface area (Å²) < 4.78 is 6.06. The summed E-state index contributed by atoms with van der Waals surface area (Å²) in [6.07, 6.45) is 0. The Labute approximate surface area is 120 Å². The molecular formula is C14H12BrN3O. The number of rotatable bonds is 4. The quantitative estimate of drug-likeness (QED) is 0.879. The van der Waals surface area contributed by atoms with E-state index in [2.05, 4.69) is 32.3 Å². The molecule has 1 aromatic heterocycles. The largest absolute Gasteiger partial charge is 0.495 e.